The van der Waals surface area contributed by atoms with Gasteiger partial charge in [-0.2, -0.15) is 0 Å². The second-order valence-corrected chi connectivity index (χ2v) is 5.70. The molecule has 0 spiro atoms. The molecule has 0 fully saturated rings. The van der Waals surface area contributed by atoms with Gasteiger partial charge in [0.2, 0.25) is 15.9 Å². The highest BCUT2D eigenvalue weighted by molar-refractivity contribution is 7.89. The maximum atomic E-state index is 11.8. The first-order valence-corrected chi connectivity index (χ1v) is 7.01. The van der Waals surface area contributed by atoms with Crippen LogP contribution in [-0.2, 0) is 19.6 Å². The number of carbonyl (C=O) groups is 2. The maximum absolute atomic E-state index is 11.8. The fourth-order valence-corrected chi connectivity index (χ4v) is 2.40. The van der Waals surface area contributed by atoms with Gasteiger partial charge in [0.05, 0.1) is 4.90 Å². The Morgan fingerprint density at radius 3 is 2.45 bits per heavy atom. The van der Waals surface area contributed by atoms with Crippen LogP contribution in [0, 0.1) is 6.92 Å². The summed E-state index contributed by atoms with van der Waals surface area (Å²) < 4.78 is 25.7. The minimum Gasteiger partial charge on any atom is -0.478 e. The highest BCUT2D eigenvalue weighted by Crippen LogP contribution is 2.19. The van der Waals surface area contributed by atoms with Gasteiger partial charge in [-0.15, -0.1) is 0 Å². The predicted molar refractivity (Wildman–Crippen MR) is 72.8 cm³/mol. The van der Waals surface area contributed by atoms with Crippen molar-refractivity contribution in [3.63, 3.8) is 0 Å². The van der Waals surface area contributed by atoms with Gasteiger partial charge in [-0.1, -0.05) is 6.07 Å². The number of nitrogens with one attached hydrogen (secondary N) is 2. The summed E-state index contributed by atoms with van der Waals surface area (Å²) >= 11 is 0. The van der Waals surface area contributed by atoms with Crippen LogP contribution in [-0.4, -0.2) is 32.4 Å². The average Bonchev–Trinajstić information content (AvgIpc) is 2.38. The van der Waals surface area contributed by atoms with Crippen molar-refractivity contribution in [1.29, 1.82) is 0 Å². The average molecular weight is 298 g/mol. The quantitative estimate of drug-likeness (QED) is 0.684. The number of aryl methyl sites for hydroxylation is 1. The van der Waals surface area contributed by atoms with Crippen molar-refractivity contribution < 1.29 is 23.1 Å². The Morgan fingerprint density at radius 1 is 1.25 bits per heavy atom. The lowest BCUT2D eigenvalue weighted by molar-refractivity contribution is -0.131. The molecule has 0 saturated heterocycles. The number of aliphatic carboxylic acids is 1. The van der Waals surface area contributed by atoms with Crippen molar-refractivity contribution in [3.05, 3.63) is 35.9 Å². The fourth-order valence-electron chi connectivity index (χ4n) is 1.41. The van der Waals surface area contributed by atoms with Crippen LogP contribution in [0.3, 0.4) is 0 Å². The molecule has 3 N–H and O–H groups in total. The Morgan fingerprint density at radius 2 is 1.90 bits per heavy atom. The van der Waals surface area contributed by atoms with E-state index in [9.17, 15) is 18.0 Å². The zero-order valence-electron chi connectivity index (χ0n) is 10.9. The standard InChI is InChI=1S/C12H14N2O5S/c1-8-3-4-9(7-10(8)20(18,19)13-2)14-11(15)5-6-12(16)17/h3-7,13H,1-2H3,(H,14,15)(H,16,17)/b6-5+. The molecule has 0 aliphatic carbocycles. The maximum Gasteiger partial charge on any atom is 0.328 e. The lowest BCUT2D eigenvalue weighted by Crippen LogP contribution is -2.20. The number of sulfonamides is 1. The first kappa shape index (κ1) is 15.9. The van der Waals surface area contributed by atoms with Crippen molar-refractivity contribution in [1.82, 2.24) is 4.72 Å². The van der Waals surface area contributed by atoms with Crippen LogP contribution in [0.25, 0.3) is 0 Å². The molecule has 0 aliphatic heterocycles. The van der Waals surface area contributed by atoms with E-state index >= 15 is 0 Å². The Bertz CT molecular complexity index is 664. The molecule has 7 nitrogen and oxygen atoms in total. The summed E-state index contributed by atoms with van der Waals surface area (Å²) in [5.41, 5.74) is 0.780. The Balaban J connectivity index is 3.03. The van der Waals surface area contributed by atoms with Crippen LogP contribution >= 0.6 is 0 Å². The number of carboxylic acids is 1. The highest BCUT2D eigenvalue weighted by Gasteiger charge is 2.15. The van der Waals surface area contributed by atoms with Gasteiger partial charge in [0.15, 0.2) is 0 Å². The van der Waals surface area contributed by atoms with E-state index in [1.807, 2.05) is 0 Å². The molecular weight excluding hydrogens is 284 g/mol. The second-order valence-electron chi connectivity index (χ2n) is 3.85. The van der Waals surface area contributed by atoms with E-state index in [0.717, 1.165) is 6.08 Å². The van der Waals surface area contributed by atoms with E-state index in [0.29, 0.717) is 11.6 Å². The summed E-state index contributed by atoms with van der Waals surface area (Å²) in [5, 5.41) is 10.8. The van der Waals surface area contributed by atoms with Crippen molar-refractivity contribution in [2.45, 2.75) is 11.8 Å². The third-order valence-electron chi connectivity index (χ3n) is 2.39. The third-order valence-corrected chi connectivity index (χ3v) is 3.95. The van der Waals surface area contributed by atoms with Gasteiger partial charge in [-0.05, 0) is 31.7 Å². The van der Waals surface area contributed by atoms with Gasteiger partial charge in [0.1, 0.15) is 0 Å². The van der Waals surface area contributed by atoms with E-state index in [1.165, 1.54) is 19.2 Å². The van der Waals surface area contributed by atoms with Crippen LogP contribution in [0.15, 0.2) is 35.2 Å². The number of carbonyl (C=O) groups excluding carboxylic acids is 1. The van der Waals surface area contributed by atoms with Crippen LogP contribution in [0.5, 0.6) is 0 Å². The zero-order valence-corrected chi connectivity index (χ0v) is 11.7. The molecule has 0 radical (unpaired) electrons. The smallest absolute Gasteiger partial charge is 0.328 e. The van der Waals surface area contributed by atoms with E-state index < -0.39 is 21.9 Å². The third kappa shape index (κ3) is 4.18. The molecule has 1 rings (SSSR count). The first-order valence-electron chi connectivity index (χ1n) is 5.52. The van der Waals surface area contributed by atoms with Crippen LogP contribution in [0.1, 0.15) is 5.56 Å². The summed E-state index contributed by atoms with van der Waals surface area (Å²) in [5.74, 6) is -1.91. The Hall–Kier alpha value is -2.19. The molecule has 0 saturated carbocycles. The number of amides is 1. The summed E-state index contributed by atoms with van der Waals surface area (Å²) in [6.07, 6.45) is 1.53. The zero-order chi connectivity index (χ0) is 15.3. The molecule has 0 aromatic heterocycles. The minimum absolute atomic E-state index is 0.0417. The monoisotopic (exact) mass is 298 g/mol. The Labute approximate surface area is 116 Å². The molecular formula is C12H14N2O5S. The molecule has 0 aliphatic rings. The van der Waals surface area contributed by atoms with Crippen LogP contribution < -0.4 is 10.0 Å². The highest BCUT2D eigenvalue weighted by atomic mass is 32.2. The van der Waals surface area contributed by atoms with Crippen molar-refractivity contribution in [2.75, 3.05) is 12.4 Å². The van der Waals surface area contributed by atoms with E-state index in [4.69, 9.17) is 5.11 Å². The van der Waals surface area contributed by atoms with Crippen molar-refractivity contribution in [3.8, 4) is 0 Å². The second kappa shape index (κ2) is 6.31. The molecule has 108 valence electrons. The Kier molecular flexibility index (Phi) is 5.00. The van der Waals surface area contributed by atoms with Gasteiger partial charge in [0, 0.05) is 17.8 Å². The lowest BCUT2D eigenvalue weighted by atomic mass is 10.2. The number of hydrogen-bond acceptors (Lipinski definition) is 4. The summed E-state index contributed by atoms with van der Waals surface area (Å²) in [7, 11) is -2.34. The van der Waals surface area contributed by atoms with Gasteiger partial charge in [-0.3, -0.25) is 4.79 Å². The number of benzene rings is 1. The molecule has 0 heterocycles. The van der Waals surface area contributed by atoms with Crippen LogP contribution in [0.4, 0.5) is 5.69 Å². The number of anilines is 1. The van der Waals surface area contributed by atoms with Gasteiger partial charge in [-0.25, -0.2) is 17.9 Å². The molecule has 8 heteroatoms. The summed E-state index contributed by atoms with van der Waals surface area (Å²) in [6, 6.07) is 4.37. The van der Waals surface area contributed by atoms with Crippen molar-refractivity contribution >= 4 is 27.6 Å². The molecule has 0 unspecified atom stereocenters. The van der Waals surface area contributed by atoms with E-state index in [1.54, 1.807) is 13.0 Å². The molecule has 0 bridgehead atoms. The molecule has 1 amide bonds. The predicted octanol–water partition coefficient (Wildman–Crippen LogP) is 0.482. The number of carboxylic acid groups (broad SMARTS) is 1. The SMILES string of the molecule is CNS(=O)(=O)c1cc(NC(=O)/C=C/C(=O)O)ccc1C. The summed E-state index contributed by atoms with van der Waals surface area (Å²) in [6.45, 7) is 1.63. The molecule has 20 heavy (non-hydrogen) atoms. The molecule has 1 aromatic carbocycles. The molecule has 0 atom stereocenters. The lowest BCUT2D eigenvalue weighted by Gasteiger charge is -2.09. The number of hydrogen-bond donors (Lipinski definition) is 3. The first-order chi connectivity index (χ1) is 9.26. The fraction of sp³-hybridized carbons (Fsp3) is 0.167. The van der Waals surface area contributed by atoms with E-state index in [2.05, 4.69) is 10.0 Å². The van der Waals surface area contributed by atoms with Crippen LogP contribution in [0.2, 0.25) is 0 Å². The number of rotatable bonds is 5. The van der Waals surface area contributed by atoms with Gasteiger partial charge >= 0.3 is 5.97 Å². The van der Waals surface area contributed by atoms with Crippen molar-refractivity contribution in [2.24, 2.45) is 0 Å². The van der Waals surface area contributed by atoms with Gasteiger partial charge in [0.25, 0.3) is 0 Å². The van der Waals surface area contributed by atoms with E-state index in [-0.39, 0.29) is 10.6 Å². The molecule has 1 aromatic rings. The largest absolute Gasteiger partial charge is 0.478 e. The summed E-state index contributed by atoms with van der Waals surface area (Å²) in [4.78, 5) is 21.7. The minimum atomic E-state index is -3.63. The van der Waals surface area contributed by atoms with Gasteiger partial charge < -0.3 is 10.4 Å². The normalized spacial score (nSPS) is 11.5. The topological polar surface area (TPSA) is 113 Å².